The molecule has 2 aliphatic heterocycles. The van der Waals surface area contributed by atoms with Crippen LogP contribution < -0.4 is 10.6 Å². The van der Waals surface area contributed by atoms with E-state index in [0.29, 0.717) is 23.7 Å². The van der Waals surface area contributed by atoms with Crippen LogP contribution in [-0.4, -0.2) is 49.3 Å². The number of Topliss-reactive ketones (excluding diaryl/α,β-unsaturated/α-hetero) is 1. The Morgan fingerprint density at radius 2 is 2.09 bits per heavy atom. The average Bonchev–Trinajstić information content (AvgIpc) is 2.95. The van der Waals surface area contributed by atoms with Crippen LogP contribution in [0.2, 0.25) is 0 Å². The van der Waals surface area contributed by atoms with Crippen molar-refractivity contribution in [2.45, 2.75) is 13.3 Å². The van der Waals surface area contributed by atoms with Crippen LogP contribution in [0.15, 0.2) is 24.3 Å². The Morgan fingerprint density at radius 1 is 1.30 bits per heavy atom. The standard InChI is InChI=1S/C17H23N3O2.ClH/c1-12(21)13-3-2-4-16(7-13)19-17(22)11-20-6-5-14-8-18-9-15(14)10-20;/h2-4,7,14-15,18H,5-6,8-11H2,1H3,(H,19,22);1H. The van der Waals surface area contributed by atoms with E-state index in [4.69, 9.17) is 0 Å². The third-order valence-corrected chi connectivity index (χ3v) is 4.71. The Balaban J connectivity index is 0.00000192. The first-order valence-electron chi connectivity index (χ1n) is 7.96. The molecule has 2 saturated heterocycles. The first-order chi connectivity index (χ1) is 10.6. The van der Waals surface area contributed by atoms with Crippen molar-refractivity contribution in [1.29, 1.82) is 0 Å². The highest BCUT2D eigenvalue weighted by atomic mass is 35.5. The number of likely N-dealkylation sites (tertiary alicyclic amines) is 1. The molecule has 126 valence electrons. The zero-order valence-electron chi connectivity index (χ0n) is 13.4. The molecule has 1 aromatic rings. The number of fused-ring (bicyclic) bond motifs is 1. The van der Waals surface area contributed by atoms with Gasteiger partial charge in [-0.25, -0.2) is 0 Å². The van der Waals surface area contributed by atoms with Gasteiger partial charge < -0.3 is 10.6 Å². The lowest BCUT2D eigenvalue weighted by molar-refractivity contribution is -0.117. The van der Waals surface area contributed by atoms with Gasteiger partial charge in [-0.05, 0) is 56.9 Å². The summed E-state index contributed by atoms with van der Waals surface area (Å²) in [6.07, 6.45) is 1.17. The van der Waals surface area contributed by atoms with Gasteiger partial charge in [-0.2, -0.15) is 0 Å². The summed E-state index contributed by atoms with van der Waals surface area (Å²) in [6, 6.07) is 7.10. The summed E-state index contributed by atoms with van der Waals surface area (Å²) in [5.74, 6) is 1.46. The zero-order valence-corrected chi connectivity index (χ0v) is 14.2. The number of nitrogens with zero attached hydrogens (tertiary/aromatic N) is 1. The Labute approximate surface area is 143 Å². The molecule has 0 aromatic heterocycles. The monoisotopic (exact) mass is 337 g/mol. The van der Waals surface area contributed by atoms with Crippen molar-refractivity contribution in [1.82, 2.24) is 10.2 Å². The van der Waals surface area contributed by atoms with Crippen LogP contribution in [0.1, 0.15) is 23.7 Å². The van der Waals surface area contributed by atoms with Crippen LogP contribution >= 0.6 is 12.4 Å². The van der Waals surface area contributed by atoms with E-state index in [2.05, 4.69) is 15.5 Å². The molecule has 0 spiro atoms. The van der Waals surface area contributed by atoms with Crippen molar-refractivity contribution in [3.05, 3.63) is 29.8 Å². The lowest BCUT2D eigenvalue weighted by Crippen LogP contribution is -2.43. The number of halogens is 1. The van der Waals surface area contributed by atoms with Crippen LogP contribution in [0.5, 0.6) is 0 Å². The zero-order chi connectivity index (χ0) is 15.5. The van der Waals surface area contributed by atoms with Gasteiger partial charge in [0.15, 0.2) is 5.78 Å². The fourth-order valence-corrected chi connectivity index (χ4v) is 3.47. The molecule has 2 unspecified atom stereocenters. The molecule has 1 amide bonds. The first-order valence-corrected chi connectivity index (χ1v) is 7.96. The number of amides is 1. The van der Waals surface area contributed by atoms with Gasteiger partial charge in [0.05, 0.1) is 6.54 Å². The highest BCUT2D eigenvalue weighted by molar-refractivity contribution is 5.97. The highest BCUT2D eigenvalue weighted by Gasteiger charge is 2.33. The van der Waals surface area contributed by atoms with Crippen molar-refractivity contribution in [3.8, 4) is 0 Å². The molecule has 0 saturated carbocycles. The van der Waals surface area contributed by atoms with E-state index in [1.54, 1.807) is 18.2 Å². The van der Waals surface area contributed by atoms with Crippen molar-refractivity contribution in [2.75, 3.05) is 38.0 Å². The third-order valence-electron chi connectivity index (χ3n) is 4.71. The topological polar surface area (TPSA) is 61.4 Å². The van der Waals surface area contributed by atoms with Gasteiger partial charge >= 0.3 is 0 Å². The van der Waals surface area contributed by atoms with Gasteiger partial charge in [-0.15, -0.1) is 12.4 Å². The molecular weight excluding hydrogens is 314 g/mol. The maximum atomic E-state index is 12.2. The van der Waals surface area contributed by atoms with Crippen molar-refractivity contribution < 1.29 is 9.59 Å². The van der Waals surface area contributed by atoms with Gasteiger partial charge in [0, 0.05) is 17.8 Å². The van der Waals surface area contributed by atoms with E-state index in [0.717, 1.165) is 32.1 Å². The van der Waals surface area contributed by atoms with E-state index in [1.807, 2.05) is 6.07 Å². The molecule has 2 heterocycles. The van der Waals surface area contributed by atoms with E-state index in [9.17, 15) is 9.59 Å². The Bertz CT molecular complexity index is 579. The second-order valence-corrected chi connectivity index (χ2v) is 6.39. The van der Waals surface area contributed by atoms with E-state index >= 15 is 0 Å². The predicted octanol–water partition coefficient (Wildman–Crippen LogP) is 1.79. The SMILES string of the molecule is CC(=O)c1cccc(NC(=O)CN2CCC3CNCC3C2)c1.Cl. The second-order valence-electron chi connectivity index (χ2n) is 6.39. The van der Waals surface area contributed by atoms with Crippen molar-refractivity contribution >= 4 is 29.8 Å². The maximum absolute atomic E-state index is 12.2. The maximum Gasteiger partial charge on any atom is 0.238 e. The fraction of sp³-hybridized carbons (Fsp3) is 0.529. The Morgan fingerprint density at radius 3 is 2.87 bits per heavy atom. The molecule has 2 N–H and O–H groups in total. The molecule has 23 heavy (non-hydrogen) atoms. The Hall–Kier alpha value is -1.43. The Kier molecular flexibility index (Phi) is 6.16. The number of hydrogen-bond acceptors (Lipinski definition) is 4. The highest BCUT2D eigenvalue weighted by Crippen LogP contribution is 2.26. The fourth-order valence-electron chi connectivity index (χ4n) is 3.47. The van der Waals surface area contributed by atoms with Gasteiger partial charge in [0.25, 0.3) is 0 Å². The van der Waals surface area contributed by atoms with E-state index < -0.39 is 0 Å². The number of anilines is 1. The molecule has 0 bridgehead atoms. The summed E-state index contributed by atoms with van der Waals surface area (Å²) in [5, 5.41) is 6.33. The normalized spacial score (nSPS) is 23.7. The van der Waals surface area contributed by atoms with Crippen LogP contribution in [0.3, 0.4) is 0 Å². The molecule has 0 radical (unpaired) electrons. The smallest absolute Gasteiger partial charge is 0.238 e. The van der Waals surface area contributed by atoms with Crippen LogP contribution in [0.4, 0.5) is 5.69 Å². The summed E-state index contributed by atoms with van der Waals surface area (Å²) in [6.45, 7) is 6.14. The summed E-state index contributed by atoms with van der Waals surface area (Å²) in [4.78, 5) is 25.8. The summed E-state index contributed by atoms with van der Waals surface area (Å²) >= 11 is 0. The second kappa shape index (κ2) is 7.90. The molecule has 2 fully saturated rings. The molecule has 5 nitrogen and oxygen atoms in total. The summed E-state index contributed by atoms with van der Waals surface area (Å²) in [7, 11) is 0. The lowest BCUT2D eigenvalue weighted by atomic mass is 9.89. The summed E-state index contributed by atoms with van der Waals surface area (Å²) < 4.78 is 0. The molecule has 3 rings (SSSR count). The van der Waals surface area contributed by atoms with Gasteiger partial charge in [0.2, 0.25) is 5.91 Å². The number of rotatable bonds is 4. The van der Waals surface area contributed by atoms with Crippen molar-refractivity contribution in [2.24, 2.45) is 11.8 Å². The van der Waals surface area contributed by atoms with Crippen LogP contribution in [0, 0.1) is 11.8 Å². The number of hydrogen-bond donors (Lipinski definition) is 2. The number of piperidine rings is 1. The number of ketones is 1. The number of nitrogens with one attached hydrogen (secondary N) is 2. The molecule has 1 aromatic carbocycles. The molecule has 0 aliphatic carbocycles. The van der Waals surface area contributed by atoms with Gasteiger partial charge in [-0.3, -0.25) is 14.5 Å². The summed E-state index contributed by atoms with van der Waals surface area (Å²) in [5.41, 5.74) is 1.31. The predicted molar refractivity (Wildman–Crippen MR) is 93.2 cm³/mol. The molecule has 2 aliphatic rings. The van der Waals surface area contributed by atoms with E-state index in [-0.39, 0.29) is 24.1 Å². The van der Waals surface area contributed by atoms with Gasteiger partial charge in [-0.1, -0.05) is 12.1 Å². The lowest BCUT2D eigenvalue weighted by Gasteiger charge is -2.33. The quantitative estimate of drug-likeness (QED) is 0.822. The molecular formula is C17H24ClN3O2. The minimum absolute atomic E-state index is 0. The minimum Gasteiger partial charge on any atom is -0.325 e. The third kappa shape index (κ3) is 4.53. The molecule has 6 heteroatoms. The van der Waals surface area contributed by atoms with Crippen molar-refractivity contribution in [3.63, 3.8) is 0 Å². The minimum atomic E-state index is -0.00916. The van der Waals surface area contributed by atoms with Crippen LogP contribution in [0.25, 0.3) is 0 Å². The molecule has 2 atom stereocenters. The number of carbonyl (C=O) groups is 2. The van der Waals surface area contributed by atoms with Gasteiger partial charge in [0.1, 0.15) is 0 Å². The van der Waals surface area contributed by atoms with Crippen LogP contribution in [-0.2, 0) is 4.79 Å². The average molecular weight is 338 g/mol. The largest absolute Gasteiger partial charge is 0.325 e. The first kappa shape index (κ1) is 17.9. The van der Waals surface area contributed by atoms with E-state index in [1.165, 1.54) is 13.3 Å². The number of carbonyl (C=O) groups excluding carboxylic acids is 2. The number of benzene rings is 1.